The Balaban J connectivity index is 3.14. The fourth-order valence-corrected chi connectivity index (χ4v) is 2.93. The van der Waals surface area contributed by atoms with Gasteiger partial charge < -0.3 is 9.84 Å². The number of nitrogens with one attached hydrogen (secondary N) is 1. The van der Waals surface area contributed by atoms with E-state index in [1.54, 1.807) is 13.8 Å². The van der Waals surface area contributed by atoms with Crippen molar-refractivity contribution in [2.24, 2.45) is 5.92 Å². The number of aliphatic carboxylic acids is 1. The Hall–Kier alpha value is -1.67. The maximum Gasteiger partial charge on any atom is 0.322 e. The molecule has 20 heavy (non-hydrogen) atoms. The third kappa shape index (κ3) is 3.67. The third-order valence-corrected chi connectivity index (χ3v) is 4.12. The van der Waals surface area contributed by atoms with Gasteiger partial charge in [-0.1, -0.05) is 13.8 Å². The van der Waals surface area contributed by atoms with Crippen molar-refractivity contribution >= 4 is 16.0 Å². The molecule has 1 aromatic carbocycles. The van der Waals surface area contributed by atoms with Crippen LogP contribution >= 0.6 is 0 Å². The van der Waals surface area contributed by atoms with Gasteiger partial charge in [0.05, 0.1) is 7.11 Å². The molecule has 1 atom stereocenters. The van der Waals surface area contributed by atoms with Gasteiger partial charge in [-0.3, -0.25) is 4.79 Å². The van der Waals surface area contributed by atoms with Gasteiger partial charge >= 0.3 is 5.97 Å². The topological polar surface area (TPSA) is 92.7 Å². The second kappa shape index (κ2) is 6.19. The lowest BCUT2D eigenvalue weighted by molar-refractivity contribution is -0.140. The molecule has 112 valence electrons. The molecule has 0 aliphatic rings. The Morgan fingerprint density at radius 2 is 2.00 bits per heavy atom. The Morgan fingerprint density at radius 1 is 1.40 bits per heavy atom. The van der Waals surface area contributed by atoms with Crippen molar-refractivity contribution in [1.29, 1.82) is 0 Å². The molecule has 0 aliphatic heterocycles. The van der Waals surface area contributed by atoms with Crippen LogP contribution in [-0.2, 0) is 14.8 Å². The van der Waals surface area contributed by atoms with Crippen molar-refractivity contribution in [1.82, 2.24) is 4.72 Å². The van der Waals surface area contributed by atoms with E-state index in [-0.39, 0.29) is 5.75 Å². The number of carboxylic acids is 1. The Kier molecular flexibility index (Phi) is 5.07. The fourth-order valence-electron chi connectivity index (χ4n) is 1.53. The Morgan fingerprint density at radius 3 is 2.40 bits per heavy atom. The zero-order valence-electron chi connectivity index (χ0n) is 11.3. The van der Waals surface area contributed by atoms with Crippen LogP contribution in [0, 0.1) is 11.7 Å². The summed E-state index contributed by atoms with van der Waals surface area (Å²) in [5.41, 5.74) is 0. The Labute approximate surface area is 116 Å². The molecule has 0 saturated heterocycles. The number of rotatable bonds is 6. The van der Waals surface area contributed by atoms with E-state index < -0.39 is 38.7 Å². The summed E-state index contributed by atoms with van der Waals surface area (Å²) in [6.45, 7) is 3.09. The highest BCUT2D eigenvalue weighted by Crippen LogP contribution is 2.21. The van der Waals surface area contributed by atoms with Crippen LogP contribution in [0.2, 0.25) is 0 Å². The molecule has 0 radical (unpaired) electrons. The number of ether oxygens (including phenoxy) is 1. The monoisotopic (exact) mass is 305 g/mol. The first kappa shape index (κ1) is 16.4. The molecule has 0 heterocycles. The van der Waals surface area contributed by atoms with Gasteiger partial charge in [0.25, 0.3) is 0 Å². The number of methoxy groups -OCH3 is 1. The number of sulfonamides is 1. The van der Waals surface area contributed by atoms with Gasteiger partial charge in [-0.25, -0.2) is 12.8 Å². The van der Waals surface area contributed by atoms with Gasteiger partial charge in [0.15, 0.2) is 0 Å². The molecule has 0 saturated carbocycles. The Bertz CT molecular complexity index is 600. The molecule has 0 aliphatic carbocycles. The van der Waals surface area contributed by atoms with Crippen molar-refractivity contribution in [2.75, 3.05) is 7.11 Å². The molecule has 0 spiro atoms. The van der Waals surface area contributed by atoms with E-state index in [1.165, 1.54) is 13.2 Å². The minimum atomic E-state index is -4.27. The summed E-state index contributed by atoms with van der Waals surface area (Å²) in [6.07, 6.45) is 0. The van der Waals surface area contributed by atoms with E-state index in [1.807, 2.05) is 4.72 Å². The van der Waals surface area contributed by atoms with Crippen LogP contribution in [0.25, 0.3) is 0 Å². The lowest BCUT2D eigenvalue weighted by atomic mass is 10.1. The maximum absolute atomic E-state index is 13.7. The first-order valence-corrected chi connectivity index (χ1v) is 7.26. The zero-order chi connectivity index (χ0) is 15.5. The molecule has 2 N–H and O–H groups in total. The smallest absolute Gasteiger partial charge is 0.322 e. The highest BCUT2D eigenvalue weighted by molar-refractivity contribution is 7.89. The van der Waals surface area contributed by atoms with Crippen LogP contribution in [0.4, 0.5) is 4.39 Å². The first-order chi connectivity index (χ1) is 9.19. The summed E-state index contributed by atoms with van der Waals surface area (Å²) in [5.74, 6) is -2.65. The van der Waals surface area contributed by atoms with Crippen LogP contribution in [-0.4, -0.2) is 32.6 Å². The van der Waals surface area contributed by atoms with Crippen LogP contribution in [0.5, 0.6) is 5.75 Å². The first-order valence-electron chi connectivity index (χ1n) is 5.77. The molecule has 1 aromatic rings. The average molecular weight is 305 g/mol. The fraction of sp³-hybridized carbons (Fsp3) is 0.417. The summed E-state index contributed by atoms with van der Waals surface area (Å²) in [6, 6.07) is 1.89. The number of hydrogen-bond donors (Lipinski definition) is 2. The average Bonchev–Trinajstić information content (AvgIpc) is 2.34. The molecular weight excluding hydrogens is 289 g/mol. The maximum atomic E-state index is 13.7. The predicted molar refractivity (Wildman–Crippen MR) is 69.5 cm³/mol. The molecule has 1 unspecified atom stereocenters. The van der Waals surface area contributed by atoms with Crippen LogP contribution in [0.3, 0.4) is 0 Å². The highest BCUT2D eigenvalue weighted by atomic mass is 32.2. The highest BCUT2D eigenvalue weighted by Gasteiger charge is 2.29. The van der Waals surface area contributed by atoms with Gasteiger partial charge in [-0.05, 0) is 18.1 Å². The largest absolute Gasteiger partial charge is 0.497 e. The summed E-state index contributed by atoms with van der Waals surface area (Å²) in [4.78, 5) is 10.4. The summed E-state index contributed by atoms with van der Waals surface area (Å²) in [7, 11) is -2.95. The van der Waals surface area contributed by atoms with E-state index in [2.05, 4.69) is 0 Å². The number of benzene rings is 1. The second-order valence-electron chi connectivity index (χ2n) is 4.48. The number of carboxylic acid groups (broad SMARTS) is 1. The van der Waals surface area contributed by atoms with Gasteiger partial charge in [-0.15, -0.1) is 0 Å². The predicted octanol–water partition coefficient (Wildman–Crippen LogP) is 1.22. The third-order valence-electron chi connectivity index (χ3n) is 2.64. The lowest BCUT2D eigenvalue weighted by Gasteiger charge is -2.18. The number of carbonyl (C=O) groups is 1. The van der Waals surface area contributed by atoms with Gasteiger partial charge in [-0.2, -0.15) is 4.72 Å². The number of hydrogen-bond acceptors (Lipinski definition) is 4. The van der Waals surface area contributed by atoms with E-state index in [9.17, 15) is 17.6 Å². The van der Waals surface area contributed by atoms with E-state index in [0.717, 1.165) is 12.1 Å². The van der Waals surface area contributed by atoms with E-state index >= 15 is 0 Å². The minimum absolute atomic E-state index is 0.167. The molecule has 6 nitrogen and oxygen atoms in total. The SMILES string of the molecule is COc1ccc(S(=O)(=O)NC(C(=O)O)C(C)C)c(F)c1. The summed E-state index contributed by atoms with van der Waals surface area (Å²) in [5, 5.41) is 8.96. The van der Waals surface area contributed by atoms with Crippen molar-refractivity contribution in [3.8, 4) is 5.75 Å². The van der Waals surface area contributed by atoms with Crippen LogP contribution in [0.1, 0.15) is 13.8 Å². The normalized spacial score (nSPS) is 13.2. The van der Waals surface area contributed by atoms with Crippen molar-refractivity contribution in [3.63, 3.8) is 0 Å². The molecule has 1 rings (SSSR count). The molecule has 8 heteroatoms. The van der Waals surface area contributed by atoms with Crippen LogP contribution < -0.4 is 9.46 Å². The molecule has 0 aromatic heterocycles. The van der Waals surface area contributed by atoms with E-state index in [0.29, 0.717) is 0 Å². The number of halogens is 1. The van der Waals surface area contributed by atoms with Gasteiger partial charge in [0.2, 0.25) is 10.0 Å². The molecule has 0 fully saturated rings. The quantitative estimate of drug-likeness (QED) is 0.824. The van der Waals surface area contributed by atoms with Crippen molar-refractivity contribution in [2.45, 2.75) is 24.8 Å². The summed E-state index contributed by atoms with van der Waals surface area (Å²) >= 11 is 0. The molecular formula is C12H16FNO5S. The van der Waals surface area contributed by atoms with Gasteiger partial charge in [0.1, 0.15) is 22.5 Å². The minimum Gasteiger partial charge on any atom is -0.497 e. The van der Waals surface area contributed by atoms with Gasteiger partial charge in [0, 0.05) is 6.07 Å². The van der Waals surface area contributed by atoms with E-state index in [4.69, 9.17) is 9.84 Å². The second-order valence-corrected chi connectivity index (χ2v) is 6.16. The molecule has 0 bridgehead atoms. The molecule has 0 amide bonds. The standard InChI is InChI=1S/C12H16FNO5S/c1-7(2)11(12(15)16)14-20(17,18)10-5-4-8(19-3)6-9(10)13/h4-7,11,14H,1-3H3,(H,15,16). The summed E-state index contributed by atoms with van der Waals surface area (Å²) < 4.78 is 44.5. The van der Waals surface area contributed by atoms with Crippen LogP contribution in [0.15, 0.2) is 23.1 Å². The zero-order valence-corrected chi connectivity index (χ0v) is 12.1. The lowest BCUT2D eigenvalue weighted by Crippen LogP contribution is -2.44. The van der Waals surface area contributed by atoms with Crippen molar-refractivity contribution < 1.29 is 27.4 Å². The van der Waals surface area contributed by atoms with Crippen molar-refractivity contribution in [3.05, 3.63) is 24.0 Å².